The quantitative estimate of drug-likeness (QED) is 0.836. The third-order valence-electron chi connectivity index (χ3n) is 3.42. The second-order valence-electron chi connectivity index (χ2n) is 6.36. The van der Waals surface area contributed by atoms with E-state index in [-0.39, 0.29) is 12.1 Å². The van der Waals surface area contributed by atoms with E-state index in [0.717, 1.165) is 0 Å². The van der Waals surface area contributed by atoms with Crippen molar-refractivity contribution in [2.45, 2.75) is 32.4 Å². The van der Waals surface area contributed by atoms with Crippen LogP contribution in [0.15, 0.2) is 18.3 Å². The van der Waals surface area contributed by atoms with Crippen LogP contribution in [0, 0.1) is 0 Å². The van der Waals surface area contributed by atoms with E-state index in [4.69, 9.17) is 4.74 Å². The van der Waals surface area contributed by atoms with E-state index < -0.39 is 11.6 Å². The largest absolute Gasteiger partial charge is 0.465 e. The van der Waals surface area contributed by atoms with E-state index in [2.05, 4.69) is 15.0 Å². The predicted molar refractivity (Wildman–Crippen MR) is 84.1 cm³/mol. The first kappa shape index (κ1) is 17.2. The Morgan fingerprint density at radius 2 is 2.09 bits per heavy atom. The van der Waals surface area contributed by atoms with Gasteiger partial charge in [0.1, 0.15) is 5.60 Å². The Labute approximate surface area is 136 Å². The van der Waals surface area contributed by atoms with Crippen molar-refractivity contribution in [3.05, 3.63) is 29.6 Å². The van der Waals surface area contributed by atoms with Gasteiger partial charge in [-0.3, -0.25) is 9.88 Å². The zero-order valence-corrected chi connectivity index (χ0v) is 14.0. The lowest BCUT2D eigenvalue weighted by atomic mass is 10.1. The molecule has 0 spiro atoms. The number of hydrogen-bond acceptors (Lipinski definition) is 6. The molecule has 0 saturated carbocycles. The number of pyridine rings is 1. The maximum absolute atomic E-state index is 12.4. The maximum atomic E-state index is 12.4. The summed E-state index contributed by atoms with van der Waals surface area (Å²) in [5, 5.41) is 3.25. The fraction of sp³-hybridized carbons (Fsp3) is 0.562. The molecule has 7 nitrogen and oxygen atoms in total. The number of rotatable bonds is 2. The van der Waals surface area contributed by atoms with Crippen LogP contribution >= 0.6 is 0 Å². The molecule has 0 aromatic carbocycles. The van der Waals surface area contributed by atoms with Crippen molar-refractivity contribution < 1.29 is 19.1 Å². The second kappa shape index (κ2) is 6.95. The Balaban J connectivity index is 2.17. The molecule has 126 valence electrons. The van der Waals surface area contributed by atoms with Crippen molar-refractivity contribution >= 4 is 12.1 Å². The lowest BCUT2D eigenvalue weighted by Gasteiger charge is -2.36. The van der Waals surface area contributed by atoms with Gasteiger partial charge in [0.25, 0.3) is 0 Å². The SMILES string of the molecule is COC(=O)c1ccc(C2CNCCN2C(=O)OC(C)(C)C)nc1. The number of nitrogens with one attached hydrogen (secondary N) is 1. The van der Waals surface area contributed by atoms with E-state index in [1.54, 1.807) is 17.0 Å². The Kier molecular flexibility index (Phi) is 5.20. The van der Waals surface area contributed by atoms with Gasteiger partial charge in [0.15, 0.2) is 0 Å². The minimum Gasteiger partial charge on any atom is -0.465 e. The van der Waals surface area contributed by atoms with Gasteiger partial charge >= 0.3 is 12.1 Å². The van der Waals surface area contributed by atoms with E-state index in [1.165, 1.54) is 13.3 Å². The Morgan fingerprint density at radius 1 is 1.35 bits per heavy atom. The van der Waals surface area contributed by atoms with Gasteiger partial charge in [-0.15, -0.1) is 0 Å². The monoisotopic (exact) mass is 321 g/mol. The number of esters is 1. The van der Waals surface area contributed by atoms with Crippen molar-refractivity contribution in [2.75, 3.05) is 26.7 Å². The second-order valence-corrected chi connectivity index (χ2v) is 6.36. The number of carbonyl (C=O) groups excluding carboxylic acids is 2. The van der Waals surface area contributed by atoms with Crippen molar-refractivity contribution in [1.29, 1.82) is 0 Å². The summed E-state index contributed by atoms with van der Waals surface area (Å²) in [6.07, 6.45) is 1.10. The Hall–Kier alpha value is -2.15. The molecule has 0 bridgehead atoms. The van der Waals surface area contributed by atoms with Crippen LogP contribution in [0.3, 0.4) is 0 Å². The molecule has 1 amide bonds. The molecule has 1 aromatic rings. The molecule has 1 atom stereocenters. The summed E-state index contributed by atoms with van der Waals surface area (Å²) in [5.41, 5.74) is 0.536. The molecule has 1 aromatic heterocycles. The molecule has 1 N–H and O–H groups in total. The average Bonchev–Trinajstić information content (AvgIpc) is 2.52. The van der Waals surface area contributed by atoms with Crippen LogP contribution in [-0.4, -0.2) is 54.3 Å². The van der Waals surface area contributed by atoms with Crippen molar-refractivity contribution in [2.24, 2.45) is 0 Å². The van der Waals surface area contributed by atoms with Gasteiger partial charge in [0.2, 0.25) is 0 Å². The number of nitrogens with zero attached hydrogens (tertiary/aromatic N) is 2. The number of piperazine rings is 1. The summed E-state index contributed by atoms with van der Waals surface area (Å²) < 4.78 is 10.1. The smallest absolute Gasteiger partial charge is 0.410 e. The molecule has 1 saturated heterocycles. The minimum atomic E-state index is -0.547. The van der Waals surface area contributed by atoms with Gasteiger partial charge in [0, 0.05) is 25.8 Å². The zero-order chi connectivity index (χ0) is 17.0. The normalized spacial score (nSPS) is 18.4. The van der Waals surface area contributed by atoms with Crippen LogP contribution in [0.2, 0.25) is 0 Å². The zero-order valence-electron chi connectivity index (χ0n) is 14.0. The predicted octanol–water partition coefficient (Wildman–Crippen LogP) is 1.75. The standard InChI is InChI=1S/C16H23N3O4/c1-16(2,3)23-15(21)19-8-7-17-10-13(19)12-6-5-11(9-18-12)14(20)22-4/h5-6,9,13,17H,7-8,10H2,1-4H3. The maximum Gasteiger partial charge on any atom is 0.410 e. The van der Waals surface area contributed by atoms with Crippen molar-refractivity contribution in [3.8, 4) is 0 Å². The molecule has 23 heavy (non-hydrogen) atoms. The first-order valence-corrected chi connectivity index (χ1v) is 7.56. The van der Waals surface area contributed by atoms with Crippen LogP contribution < -0.4 is 5.32 Å². The lowest BCUT2D eigenvalue weighted by molar-refractivity contribution is 0.0113. The molecule has 0 radical (unpaired) electrons. The highest BCUT2D eigenvalue weighted by atomic mass is 16.6. The highest BCUT2D eigenvalue weighted by molar-refractivity contribution is 5.88. The highest BCUT2D eigenvalue weighted by Gasteiger charge is 2.32. The Bertz CT molecular complexity index is 566. The number of aromatic nitrogens is 1. The number of amides is 1. The van der Waals surface area contributed by atoms with Crippen LogP contribution in [0.5, 0.6) is 0 Å². The topological polar surface area (TPSA) is 80.8 Å². The summed E-state index contributed by atoms with van der Waals surface area (Å²) in [7, 11) is 1.32. The fourth-order valence-electron chi connectivity index (χ4n) is 2.35. The van der Waals surface area contributed by atoms with Gasteiger partial charge in [-0.25, -0.2) is 9.59 Å². The van der Waals surface area contributed by atoms with Gasteiger partial charge in [-0.1, -0.05) is 0 Å². The van der Waals surface area contributed by atoms with Crippen LogP contribution in [-0.2, 0) is 9.47 Å². The summed E-state index contributed by atoms with van der Waals surface area (Å²) in [6.45, 7) is 7.35. The van der Waals surface area contributed by atoms with E-state index in [1.807, 2.05) is 20.8 Å². The van der Waals surface area contributed by atoms with Crippen LogP contribution in [0.1, 0.15) is 42.9 Å². The molecule has 0 aliphatic carbocycles. The van der Waals surface area contributed by atoms with E-state index >= 15 is 0 Å². The molecule has 2 rings (SSSR count). The first-order valence-electron chi connectivity index (χ1n) is 7.56. The van der Waals surface area contributed by atoms with Crippen molar-refractivity contribution in [3.63, 3.8) is 0 Å². The molecule has 1 aliphatic heterocycles. The summed E-state index contributed by atoms with van der Waals surface area (Å²) in [6, 6.07) is 3.16. The third kappa shape index (κ3) is 4.41. The molecule has 1 unspecified atom stereocenters. The molecular formula is C16H23N3O4. The molecule has 7 heteroatoms. The number of hydrogen-bond donors (Lipinski definition) is 1. The van der Waals surface area contributed by atoms with E-state index in [9.17, 15) is 9.59 Å². The third-order valence-corrected chi connectivity index (χ3v) is 3.42. The molecule has 2 heterocycles. The van der Waals surface area contributed by atoms with Gasteiger partial charge in [-0.2, -0.15) is 0 Å². The summed E-state index contributed by atoms with van der Waals surface area (Å²) >= 11 is 0. The minimum absolute atomic E-state index is 0.231. The number of carbonyl (C=O) groups is 2. The van der Waals surface area contributed by atoms with E-state index in [0.29, 0.717) is 30.9 Å². The van der Waals surface area contributed by atoms with Gasteiger partial charge < -0.3 is 14.8 Å². The molecular weight excluding hydrogens is 298 g/mol. The number of ether oxygens (including phenoxy) is 2. The van der Waals surface area contributed by atoms with Crippen molar-refractivity contribution in [1.82, 2.24) is 15.2 Å². The summed E-state index contributed by atoms with van der Waals surface area (Å²) in [5.74, 6) is -0.435. The van der Waals surface area contributed by atoms with Crippen LogP contribution in [0.25, 0.3) is 0 Å². The average molecular weight is 321 g/mol. The molecule has 1 aliphatic rings. The first-order chi connectivity index (χ1) is 10.8. The number of methoxy groups -OCH3 is 1. The van der Waals surface area contributed by atoms with Crippen LogP contribution in [0.4, 0.5) is 4.79 Å². The Morgan fingerprint density at radius 3 is 2.65 bits per heavy atom. The van der Waals surface area contributed by atoms with Gasteiger partial charge in [0.05, 0.1) is 24.4 Å². The molecule has 1 fully saturated rings. The lowest BCUT2D eigenvalue weighted by Crippen LogP contribution is -2.50. The van der Waals surface area contributed by atoms with Gasteiger partial charge in [-0.05, 0) is 32.9 Å². The highest BCUT2D eigenvalue weighted by Crippen LogP contribution is 2.23. The fourth-order valence-corrected chi connectivity index (χ4v) is 2.35. The summed E-state index contributed by atoms with van der Waals surface area (Å²) in [4.78, 5) is 29.8.